The van der Waals surface area contributed by atoms with Gasteiger partial charge in [0.1, 0.15) is 11.3 Å². The third kappa shape index (κ3) is 3.53. The molecule has 8 nitrogen and oxygen atoms in total. The maximum absolute atomic E-state index is 11.5. The Morgan fingerprint density at radius 3 is 3.11 bits per heavy atom. The van der Waals surface area contributed by atoms with Gasteiger partial charge in [-0.15, -0.1) is 10.2 Å². The van der Waals surface area contributed by atoms with Crippen LogP contribution in [0.4, 0.5) is 10.9 Å². The van der Waals surface area contributed by atoms with Gasteiger partial charge in [0, 0.05) is 6.07 Å². The monoisotopic (exact) mass is 284 g/mol. The van der Waals surface area contributed by atoms with Crippen molar-refractivity contribution < 1.29 is 4.79 Å². The summed E-state index contributed by atoms with van der Waals surface area (Å²) in [7, 11) is 0. The predicted molar refractivity (Wildman–Crippen MR) is 68.5 cm³/mol. The zero-order valence-corrected chi connectivity index (χ0v) is 10.5. The molecule has 2 rings (SSSR count). The number of nitrogens with two attached hydrogens (primary N) is 1. The van der Waals surface area contributed by atoms with Gasteiger partial charge >= 0.3 is 0 Å². The van der Waals surface area contributed by atoms with E-state index >= 15 is 0 Å². The van der Waals surface area contributed by atoms with E-state index in [1.54, 1.807) is 0 Å². The normalized spacial score (nSPS) is 10.2. The quantitative estimate of drug-likeness (QED) is 0.530. The highest BCUT2D eigenvalue weighted by atomic mass is 32.2. The summed E-state index contributed by atoms with van der Waals surface area (Å²) in [6, 6.07) is 1.17. The molecule has 2 aromatic heterocycles. The van der Waals surface area contributed by atoms with Gasteiger partial charge in [-0.1, -0.05) is 23.1 Å². The van der Waals surface area contributed by atoms with Crippen molar-refractivity contribution in [3.8, 4) is 0 Å². The van der Waals surface area contributed by atoms with Crippen molar-refractivity contribution in [2.45, 2.75) is 5.16 Å². The lowest BCUT2D eigenvalue weighted by Gasteiger charge is -2.01. The van der Waals surface area contributed by atoms with Gasteiger partial charge in [-0.05, 0) is 0 Å². The zero-order chi connectivity index (χ0) is 13.0. The number of aromatic nitrogens is 4. The lowest BCUT2D eigenvalue weighted by molar-refractivity contribution is -0.113. The fourth-order valence-corrected chi connectivity index (χ4v) is 2.18. The van der Waals surface area contributed by atoms with E-state index in [1.807, 2.05) is 0 Å². The molecule has 0 atom stereocenters. The molecule has 10 heteroatoms. The molecule has 0 fully saturated rings. The van der Waals surface area contributed by atoms with E-state index in [2.05, 4.69) is 25.5 Å². The van der Waals surface area contributed by atoms with Gasteiger partial charge in [-0.2, -0.15) is 0 Å². The van der Waals surface area contributed by atoms with Crippen molar-refractivity contribution in [1.29, 1.82) is 0 Å². The Balaban J connectivity index is 1.91. The first-order valence-corrected chi connectivity index (χ1v) is 6.55. The van der Waals surface area contributed by atoms with Crippen LogP contribution in [0.2, 0.25) is 0 Å². The summed E-state index contributed by atoms with van der Waals surface area (Å²) in [5.74, 6) is -0.0565. The summed E-state index contributed by atoms with van der Waals surface area (Å²) in [4.78, 5) is 29.0. The molecular formula is C8H8N6O2S2. The number of nitrogen functional groups attached to an aromatic ring is 1. The second kappa shape index (κ2) is 5.60. The van der Waals surface area contributed by atoms with Crippen molar-refractivity contribution in [1.82, 2.24) is 20.2 Å². The fourth-order valence-electron chi connectivity index (χ4n) is 1.04. The van der Waals surface area contributed by atoms with Crippen LogP contribution in [0.1, 0.15) is 0 Å². The minimum Gasteiger partial charge on any atom is -0.383 e. The number of nitrogens with zero attached hydrogens (tertiary/aromatic N) is 3. The van der Waals surface area contributed by atoms with E-state index in [1.165, 1.54) is 22.9 Å². The van der Waals surface area contributed by atoms with E-state index in [0.29, 0.717) is 10.3 Å². The topological polar surface area (TPSA) is 127 Å². The summed E-state index contributed by atoms with van der Waals surface area (Å²) < 4.78 is 0. The van der Waals surface area contributed by atoms with E-state index < -0.39 is 0 Å². The number of carbonyl (C=O) groups excluding carboxylic acids is 1. The second-order valence-corrected chi connectivity index (χ2v) is 4.85. The molecule has 0 saturated carbocycles. The number of amides is 1. The molecule has 0 bridgehead atoms. The highest BCUT2D eigenvalue weighted by Crippen LogP contribution is 2.13. The smallest absolute Gasteiger partial charge is 0.253 e. The van der Waals surface area contributed by atoms with Crippen LogP contribution < -0.4 is 16.6 Å². The zero-order valence-electron chi connectivity index (χ0n) is 8.91. The lowest BCUT2D eigenvalue weighted by Crippen LogP contribution is -2.15. The van der Waals surface area contributed by atoms with Gasteiger partial charge in [0.05, 0.1) is 5.75 Å². The maximum atomic E-state index is 11.5. The van der Waals surface area contributed by atoms with Crippen molar-refractivity contribution >= 4 is 40.0 Å². The molecule has 18 heavy (non-hydrogen) atoms. The summed E-state index contributed by atoms with van der Waals surface area (Å²) in [5.41, 5.74) is 6.58. The van der Waals surface area contributed by atoms with Crippen LogP contribution in [0.15, 0.2) is 21.5 Å². The molecule has 0 radical (unpaired) electrons. The summed E-state index contributed by atoms with van der Waals surface area (Å²) in [5, 5.41) is 10.5. The average molecular weight is 284 g/mol. The van der Waals surface area contributed by atoms with Crippen LogP contribution in [0.3, 0.4) is 0 Å². The van der Waals surface area contributed by atoms with Gasteiger partial charge in [0.25, 0.3) is 5.56 Å². The molecule has 0 aliphatic rings. The Bertz CT molecular complexity index is 596. The minimum absolute atomic E-state index is 0.0893. The molecule has 2 heterocycles. The molecule has 0 aliphatic heterocycles. The van der Waals surface area contributed by atoms with Crippen molar-refractivity contribution in [3.05, 3.63) is 21.9 Å². The van der Waals surface area contributed by atoms with Crippen LogP contribution in [-0.2, 0) is 4.79 Å². The molecule has 2 aromatic rings. The Kier molecular flexibility index (Phi) is 3.89. The van der Waals surface area contributed by atoms with Crippen molar-refractivity contribution in [2.24, 2.45) is 0 Å². The third-order valence-corrected chi connectivity index (χ3v) is 3.17. The van der Waals surface area contributed by atoms with Crippen LogP contribution in [0.5, 0.6) is 0 Å². The summed E-state index contributed by atoms with van der Waals surface area (Å²) in [6.07, 6.45) is 0. The summed E-state index contributed by atoms with van der Waals surface area (Å²) in [6.45, 7) is 0. The van der Waals surface area contributed by atoms with E-state index in [-0.39, 0.29) is 23.0 Å². The number of carbonyl (C=O) groups is 1. The first-order valence-electron chi connectivity index (χ1n) is 4.69. The highest BCUT2D eigenvalue weighted by molar-refractivity contribution is 7.99. The fraction of sp³-hybridized carbons (Fsp3) is 0.125. The molecular weight excluding hydrogens is 276 g/mol. The van der Waals surface area contributed by atoms with Crippen LogP contribution >= 0.6 is 23.1 Å². The molecule has 0 saturated heterocycles. The molecule has 0 aromatic carbocycles. The van der Waals surface area contributed by atoms with Crippen LogP contribution in [-0.4, -0.2) is 31.8 Å². The van der Waals surface area contributed by atoms with Crippen molar-refractivity contribution in [2.75, 3.05) is 16.8 Å². The van der Waals surface area contributed by atoms with Gasteiger partial charge < -0.3 is 10.7 Å². The SMILES string of the molecule is Nc1cc(=O)[nH]c(SCC(=O)Nc2nncs2)n1. The number of thioether (sulfide) groups is 1. The number of hydrogen-bond acceptors (Lipinski definition) is 8. The maximum Gasteiger partial charge on any atom is 0.253 e. The first kappa shape index (κ1) is 12.5. The van der Waals surface area contributed by atoms with Crippen molar-refractivity contribution in [3.63, 3.8) is 0 Å². The second-order valence-electron chi connectivity index (χ2n) is 3.06. The Labute approximate surface area is 109 Å². The number of rotatable bonds is 4. The van der Waals surface area contributed by atoms with Gasteiger partial charge in [0.2, 0.25) is 11.0 Å². The molecule has 1 amide bonds. The van der Waals surface area contributed by atoms with Gasteiger partial charge in [0.15, 0.2) is 5.16 Å². The van der Waals surface area contributed by atoms with Gasteiger partial charge in [-0.3, -0.25) is 14.9 Å². The lowest BCUT2D eigenvalue weighted by atomic mass is 10.6. The Morgan fingerprint density at radius 1 is 1.61 bits per heavy atom. The van der Waals surface area contributed by atoms with Crippen LogP contribution in [0.25, 0.3) is 0 Å². The minimum atomic E-state index is -0.352. The first-order chi connectivity index (χ1) is 8.63. The predicted octanol–water partition coefficient (Wildman–Crippen LogP) is -0.0656. The molecule has 0 unspecified atom stereocenters. The number of H-pyrrole nitrogens is 1. The van der Waals surface area contributed by atoms with E-state index in [4.69, 9.17) is 5.73 Å². The molecule has 0 spiro atoms. The Hall–Kier alpha value is -1.94. The molecule has 94 valence electrons. The number of anilines is 2. The van der Waals surface area contributed by atoms with E-state index in [9.17, 15) is 9.59 Å². The summed E-state index contributed by atoms with van der Waals surface area (Å²) >= 11 is 2.30. The highest BCUT2D eigenvalue weighted by Gasteiger charge is 2.07. The molecule has 0 aliphatic carbocycles. The molecule has 4 N–H and O–H groups in total. The number of hydrogen-bond donors (Lipinski definition) is 3. The van der Waals surface area contributed by atoms with Gasteiger partial charge in [-0.25, -0.2) is 4.98 Å². The average Bonchev–Trinajstić information content (AvgIpc) is 2.78. The Morgan fingerprint density at radius 2 is 2.44 bits per heavy atom. The third-order valence-electron chi connectivity index (χ3n) is 1.69. The standard InChI is InChI=1S/C8H8N6O2S2/c9-4-1-5(15)12-7(11-4)17-2-6(16)13-8-14-10-3-18-8/h1,3H,2H2,(H,13,14,16)(H3,9,11,12,15). The number of aromatic amines is 1. The van der Waals surface area contributed by atoms with Crippen LogP contribution in [0, 0.1) is 0 Å². The number of nitrogens with one attached hydrogen (secondary N) is 2. The largest absolute Gasteiger partial charge is 0.383 e. The van der Waals surface area contributed by atoms with E-state index in [0.717, 1.165) is 11.8 Å².